The van der Waals surface area contributed by atoms with Crippen LogP contribution in [0.1, 0.15) is 30.9 Å². The number of halogens is 3. The van der Waals surface area contributed by atoms with Crippen molar-refractivity contribution in [3.05, 3.63) is 129 Å². The van der Waals surface area contributed by atoms with Crippen molar-refractivity contribution in [2.75, 3.05) is 17.4 Å². The molecule has 0 saturated carbocycles. The van der Waals surface area contributed by atoms with Crippen molar-refractivity contribution in [3.8, 4) is 0 Å². The Labute approximate surface area is 279 Å². The maximum Gasteiger partial charge on any atom is 0.264 e. The molecule has 0 aliphatic heterocycles. The van der Waals surface area contributed by atoms with E-state index in [0.717, 1.165) is 22.7 Å². The monoisotopic (exact) mass is 685 g/mol. The van der Waals surface area contributed by atoms with E-state index in [1.165, 1.54) is 23.1 Å². The van der Waals surface area contributed by atoms with E-state index in [1.54, 1.807) is 54.6 Å². The van der Waals surface area contributed by atoms with Gasteiger partial charge in [0.1, 0.15) is 12.6 Å². The van der Waals surface area contributed by atoms with E-state index in [-0.39, 0.29) is 29.5 Å². The summed E-state index contributed by atoms with van der Waals surface area (Å²) in [5.41, 5.74) is 1.59. The zero-order valence-corrected chi connectivity index (χ0v) is 27.8. The highest BCUT2D eigenvalue weighted by Gasteiger charge is 2.35. The first-order chi connectivity index (χ1) is 21.6. The highest BCUT2D eigenvalue weighted by Crippen LogP contribution is 2.28. The smallest absolute Gasteiger partial charge is 0.264 e. The molecule has 0 fully saturated rings. The van der Waals surface area contributed by atoms with Crippen LogP contribution in [0.3, 0.4) is 0 Å². The van der Waals surface area contributed by atoms with Crippen molar-refractivity contribution in [2.45, 2.75) is 43.7 Å². The first-order valence-electron chi connectivity index (χ1n) is 14.5. The lowest BCUT2D eigenvalue weighted by atomic mass is 10.0. The van der Waals surface area contributed by atoms with Gasteiger partial charge in [0.05, 0.1) is 10.6 Å². The lowest BCUT2D eigenvalue weighted by Crippen LogP contribution is -2.53. The molecule has 0 unspecified atom stereocenters. The maximum absolute atomic E-state index is 14.5. The Morgan fingerprint density at radius 2 is 1.49 bits per heavy atom. The minimum atomic E-state index is -4.23. The number of amides is 2. The summed E-state index contributed by atoms with van der Waals surface area (Å²) in [6.07, 6.45) is 1.83. The number of rotatable bonds is 14. The molecule has 0 aliphatic rings. The van der Waals surface area contributed by atoms with Gasteiger partial charge in [0, 0.05) is 34.6 Å². The van der Waals surface area contributed by atoms with Crippen molar-refractivity contribution in [1.82, 2.24) is 10.2 Å². The van der Waals surface area contributed by atoms with Crippen LogP contribution in [-0.2, 0) is 32.6 Å². The van der Waals surface area contributed by atoms with E-state index in [9.17, 15) is 18.0 Å². The van der Waals surface area contributed by atoms with Gasteiger partial charge in [0.25, 0.3) is 10.0 Å². The van der Waals surface area contributed by atoms with Crippen LogP contribution in [0.2, 0.25) is 15.1 Å². The van der Waals surface area contributed by atoms with Crippen LogP contribution >= 0.6 is 34.8 Å². The topological polar surface area (TPSA) is 86.8 Å². The van der Waals surface area contributed by atoms with Crippen molar-refractivity contribution >= 4 is 62.3 Å². The molecule has 45 heavy (non-hydrogen) atoms. The number of carbonyl (C=O) groups is 2. The SMILES string of the molecule is CCCCNC(=O)[C@H](Cc1ccccc1)N(Cc1ccc(Cl)cc1Cl)C(=O)CN(c1cccc(Cl)c1)S(=O)(=O)c1ccccc1. The van der Waals surface area contributed by atoms with E-state index < -0.39 is 28.5 Å². The second-order valence-corrected chi connectivity index (χ2v) is 13.6. The number of benzene rings is 4. The molecule has 0 aliphatic carbocycles. The predicted octanol–water partition coefficient (Wildman–Crippen LogP) is 7.40. The Bertz CT molecular complexity index is 1710. The number of sulfonamides is 1. The third-order valence-electron chi connectivity index (χ3n) is 7.16. The molecule has 0 radical (unpaired) electrons. The molecule has 1 atom stereocenters. The van der Waals surface area contributed by atoms with E-state index in [0.29, 0.717) is 27.2 Å². The fourth-order valence-corrected chi connectivity index (χ4v) is 6.85. The summed E-state index contributed by atoms with van der Waals surface area (Å²) < 4.78 is 29.1. The summed E-state index contributed by atoms with van der Waals surface area (Å²) in [6, 6.07) is 27.4. The Morgan fingerprint density at radius 1 is 0.822 bits per heavy atom. The molecule has 0 aromatic heterocycles. The third-order valence-corrected chi connectivity index (χ3v) is 9.77. The molecule has 1 N–H and O–H groups in total. The molecule has 4 aromatic carbocycles. The number of unbranched alkanes of at least 4 members (excludes halogenated alkanes) is 1. The van der Waals surface area contributed by atoms with Gasteiger partial charge in [-0.3, -0.25) is 13.9 Å². The number of hydrogen-bond acceptors (Lipinski definition) is 4. The minimum absolute atomic E-state index is 0.00298. The summed E-state index contributed by atoms with van der Waals surface area (Å²) in [5, 5.41) is 3.99. The minimum Gasteiger partial charge on any atom is -0.354 e. The fraction of sp³-hybridized carbons (Fsp3) is 0.235. The molecule has 4 rings (SSSR count). The molecule has 7 nitrogen and oxygen atoms in total. The predicted molar refractivity (Wildman–Crippen MR) is 181 cm³/mol. The lowest BCUT2D eigenvalue weighted by molar-refractivity contribution is -0.140. The van der Waals surface area contributed by atoms with Gasteiger partial charge < -0.3 is 10.2 Å². The number of nitrogens with one attached hydrogen (secondary N) is 1. The van der Waals surface area contributed by atoms with Crippen LogP contribution < -0.4 is 9.62 Å². The standard InChI is InChI=1S/C34H34Cl3N3O4S/c1-2-3-19-38-34(42)32(20-25-11-6-4-7-12-25)39(23-26-17-18-28(36)22-31(26)37)33(41)24-40(29-14-10-13-27(35)21-29)45(43,44)30-15-8-5-9-16-30/h4-18,21-22,32H,2-3,19-20,23-24H2,1H3,(H,38,42)/t32-/m0/s1. The van der Waals surface area contributed by atoms with E-state index in [1.807, 2.05) is 37.3 Å². The Morgan fingerprint density at radius 3 is 2.13 bits per heavy atom. The van der Waals surface area contributed by atoms with Gasteiger partial charge in [0.2, 0.25) is 11.8 Å². The molecule has 0 spiro atoms. The Balaban J connectivity index is 1.80. The summed E-state index contributed by atoms with van der Waals surface area (Å²) in [4.78, 5) is 29.7. The molecule has 0 heterocycles. The number of hydrogen-bond donors (Lipinski definition) is 1. The first kappa shape index (κ1) is 34.3. The summed E-state index contributed by atoms with van der Waals surface area (Å²) in [7, 11) is -4.23. The quantitative estimate of drug-likeness (QED) is 0.140. The fourth-order valence-electron chi connectivity index (χ4n) is 4.77. The van der Waals surface area contributed by atoms with Crippen LogP contribution in [0.4, 0.5) is 5.69 Å². The van der Waals surface area contributed by atoms with E-state index >= 15 is 0 Å². The molecule has 4 aromatic rings. The second kappa shape index (κ2) is 16.1. The lowest BCUT2D eigenvalue weighted by Gasteiger charge is -2.34. The van der Waals surface area contributed by atoms with Crippen LogP contribution in [0.25, 0.3) is 0 Å². The number of carbonyl (C=O) groups excluding carboxylic acids is 2. The van der Waals surface area contributed by atoms with Gasteiger partial charge in [-0.05, 0) is 60.0 Å². The maximum atomic E-state index is 14.5. The average molecular weight is 687 g/mol. The summed E-state index contributed by atoms with van der Waals surface area (Å²) in [5.74, 6) is -0.960. The van der Waals surface area contributed by atoms with Gasteiger partial charge in [0.15, 0.2) is 0 Å². The van der Waals surface area contributed by atoms with Crippen LogP contribution in [0.15, 0.2) is 108 Å². The van der Waals surface area contributed by atoms with Gasteiger partial charge in [-0.15, -0.1) is 0 Å². The Hall–Kier alpha value is -3.56. The number of anilines is 1. The van der Waals surface area contributed by atoms with Crippen LogP contribution in [-0.4, -0.2) is 44.3 Å². The van der Waals surface area contributed by atoms with Gasteiger partial charge in [-0.1, -0.05) is 109 Å². The normalized spacial score (nSPS) is 11.9. The van der Waals surface area contributed by atoms with Crippen molar-refractivity contribution < 1.29 is 18.0 Å². The van der Waals surface area contributed by atoms with E-state index in [2.05, 4.69) is 5.32 Å². The highest BCUT2D eigenvalue weighted by molar-refractivity contribution is 7.92. The van der Waals surface area contributed by atoms with Crippen molar-refractivity contribution in [1.29, 1.82) is 0 Å². The van der Waals surface area contributed by atoms with Crippen LogP contribution in [0, 0.1) is 0 Å². The molecular formula is C34H34Cl3N3O4S. The van der Waals surface area contributed by atoms with Gasteiger partial charge >= 0.3 is 0 Å². The largest absolute Gasteiger partial charge is 0.354 e. The molecule has 2 amide bonds. The molecule has 0 saturated heterocycles. The van der Waals surface area contributed by atoms with Crippen molar-refractivity contribution in [2.24, 2.45) is 0 Å². The zero-order valence-electron chi connectivity index (χ0n) is 24.7. The molecule has 0 bridgehead atoms. The van der Waals surface area contributed by atoms with E-state index in [4.69, 9.17) is 34.8 Å². The number of nitrogens with zero attached hydrogens (tertiary/aromatic N) is 2. The molecule has 11 heteroatoms. The van der Waals surface area contributed by atoms with Gasteiger partial charge in [-0.2, -0.15) is 0 Å². The van der Waals surface area contributed by atoms with Crippen molar-refractivity contribution in [3.63, 3.8) is 0 Å². The first-order valence-corrected chi connectivity index (χ1v) is 17.1. The molecule has 236 valence electrons. The highest BCUT2D eigenvalue weighted by atomic mass is 35.5. The summed E-state index contributed by atoms with van der Waals surface area (Å²) in [6.45, 7) is 1.78. The third kappa shape index (κ3) is 9.23. The molecular weight excluding hydrogens is 653 g/mol. The second-order valence-electron chi connectivity index (χ2n) is 10.4. The summed E-state index contributed by atoms with van der Waals surface area (Å²) >= 11 is 19.0. The zero-order chi connectivity index (χ0) is 32.4. The van der Waals surface area contributed by atoms with Crippen LogP contribution in [0.5, 0.6) is 0 Å². The average Bonchev–Trinajstić information content (AvgIpc) is 3.03. The van der Waals surface area contributed by atoms with Gasteiger partial charge in [-0.25, -0.2) is 8.42 Å². The Kier molecular flexibility index (Phi) is 12.3.